The van der Waals surface area contributed by atoms with Crippen LogP contribution < -0.4 is 0 Å². The van der Waals surface area contributed by atoms with Crippen molar-refractivity contribution < 1.29 is 9.53 Å². The van der Waals surface area contributed by atoms with Gasteiger partial charge in [-0.25, -0.2) is 4.79 Å². The normalized spacial score (nSPS) is 13.4. The van der Waals surface area contributed by atoms with E-state index in [1.165, 1.54) is 5.39 Å². The molecule has 0 unspecified atom stereocenters. The maximum absolute atomic E-state index is 12.3. The predicted molar refractivity (Wildman–Crippen MR) is 84.2 cm³/mol. The Hall–Kier alpha value is -2.75. The lowest BCUT2D eigenvalue weighted by Crippen LogP contribution is -2.32. The second-order valence-corrected chi connectivity index (χ2v) is 5.55. The van der Waals surface area contributed by atoms with Crippen LogP contribution in [0.15, 0.2) is 54.7 Å². The molecule has 1 amide bonds. The second kappa shape index (κ2) is 5.22. The third-order valence-electron chi connectivity index (χ3n) is 4.06. The highest BCUT2D eigenvalue weighted by Crippen LogP contribution is 2.29. The van der Waals surface area contributed by atoms with Gasteiger partial charge in [0.15, 0.2) is 0 Å². The highest BCUT2D eigenvalue weighted by molar-refractivity contribution is 5.88. The molecule has 0 fully saturated rings. The van der Waals surface area contributed by atoms with Gasteiger partial charge < -0.3 is 9.72 Å². The van der Waals surface area contributed by atoms with Crippen LogP contribution in [0.1, 0.15) is 16.7 Å². The summed E-state index contributed by atoms with van der Waals surface area (Å²) in [5.74, 6) is 0. The van der Waals surface area contributed by atoms with E-state index in [0.29, 0.717) is 19.7 Å². The highest BCUT2D eigenvalue weighted by atomic mass is 16.6. The summed E-state index contributed by atoms with van der Waals surface area (Å²) in [6.07, 6.45) is 1.71. The largest absolute Gasteiger partial charge is 0.445 e. The quantitative estimate of drug-likeness (QED) is 0.780. The van der Waals surface area contributed by atoms with E-state index in [1.807, 2.05) is 42.6 Å². The Labute approximate surface area is 128 Å². The van der Waals surface area contributed by atoms with Crippen LogP contribution in [0, 0.1) is 0 Å². The van der Waals surface area contributed by atoms with Crippen molar-refractivity contribution in [3.63, 3.8) is 0 Å². The summed E-state index contributed by atoms with van der Waals surface area (Å²) in [6.45, 7) is 1.49. The number of H-pyrrole nitrogens is 1. The molecule has 4 rings (SSSR count). The zero-order valence-electron chi connectivity index (χ0n) is 12.1. The van der Waals surface area contributed by atoms with E-state index in [1.54, 1.807) is 4.90 Å². The monoisotopic (exact) mass is 292 g/mol. The van der Waals surface area contributed by atoms with E-state index in [0.717, 1.165) is 22.2 Å². The van der Waals surface area contributed by atoms with E-state index in [4.69, 9.17) is 4.74 Å². The number of hydrogen-bond acceptors (Lipinski definition) is 2. The predicted octanol–water partition coefficient (Wildman–Crippen LogP) is 3.82. The smallest absolute Gasteiger partial charge is 0.410 e. The van der Waals surface area contributed by atoms with Gasteiger partial charge in [-0.1, -0.05) is 42.5 Å². The van der Waals surface area contributed by atoms with Crippen LogP contribution in [0.2, 0.25) is 0 Å². The fraction of sp³-hybridized carbons (Fsp3) is 0.167. The summed E-state index contributed by atoms with van der Waals surface area (Å²) in [6, 6.07) is 15.9. The average molecular weight is 292 g/mol. The average Bonchev–Trinajstić information content (AvgIpc) is 2.98. The molecule has 2 aromatic carbocycles. The number of benzene rings is 2. The molecular formula is C18H16N2O2. The number of rotatable bonds is 2. The van der Waals surface area contributed by atoms with E-state index < -0.39 is 0 Å². The fourth-order valence-corrected chi connectivity index (χ4v) is 3.00. The summed E-state index contributed by atoms with van der Waals surface area (Å²) in [4.78, 5) is 17.3. The van der Waals surface area contributed by atoms with Crippen LogP contribution >= 0.6 is 0 Å². The molecule has 0 saturated heterocycles. The summed E-state index contributed by atoms with van der Waals surface area (Å²) in [5, 5.41) is 1.25. The summed E-state index contributed by atoms with van der Waals surface area (Å²) >= 11 is 0. The molecule has 1 aliphatic rings. The number of hydrogen-bond donors (Lipinski definition) is 1. The molecule has 0 saturated carbocycles. The van der Waals surface area contributed by atoms with Gasteiger partial charge in [0.05, 0.1) is 13.1 Å². The van der Waals surface area contributed by atoms with Crippen LogP contribution in [0.3, 0.4) is 0 Å². The molecule has 0 spiro atoms. The number of aromatic nitrogens is 1. The van der Waals surface area contributed by atoms with Gasteiger partial charge in [0.25, 0.3) is 0 Å². The van der Waals surface area contributed by atoms with Crippen LogP contribution in [0.4, 0.5) is 4.79 Å². The minimum absolute atomic E-state index is 0.271. The lowest BCUT2D eigenvalue weighted by atomic mass is 10.0. The van der Waals surface area contributed by atoms with Crippen LogP contribution in [0.5, 0.6) is 0 Å². The van der Waals surface area contributed by atoms with Crippen molar-refractivity contribution in [2.45, 2.75) is 19.7 Å². The standard InChI is InChI=1S/C18H16N2O2/c21-18(22-12-13-5-2-1-3-6-13)20-10-14-7-4-8-16-17(14)15(11-20)9-19-16/h1-9,19H,10-12H2. The van der Waals surface area contributed by atoms with Crippen molar-refractivity contribution in [3.05, 3.63) is 71.4 Å². The molecule has 110 valence electrons. The number of amides is 1. The molecule has 1 aromatic heterocycles. The number of carbonyl (C=O) groups excluding carboxylic acids is 1. The Morgan fingerprint density at radius 2 is 1.86 bits per heavy atom. The minimum Gasteiger partial charge on any atom is -0.445 e. The number of nitrogens with zero attached hydrogens (tertiary/aromatic N) is 1. The zero-order valence-corrected chi connectivity index (χ0v) is 12.1. The van der Waals surface area contributed by atoms with Crippen molar-refractivity contribution >= 4 is 17.0 Å². The first-order valence-corrected chi connectivity index (χ1v) is 7.35. The number of carbonyl (C=O) groups is 1. The van der Waals surface area contributed by atoms with Crippen molar-refractivity contribution in [2.75, 3.05) is 0 Å². The van der Waals surface area contributed by atoms with Crippen LogP contribution in [0.25, 0.3) is 10.9 Å². The molecule has 22 heavy (non-hydrogen) atoms. The Balaban J connectivity index is 1.49. The van der Waals surface area contributed by atoms with Crippen LogP contribution in [-0.2, 0) is 24.4 Å². The van der Waals surface area contributed by atoms with Gasteiger partial charge in [-0.2, -0.15) is 0 Å². The first-order valence-electron chi connectivity index (χ1n) is 7.35. The minimum atomic E-state index is -0.271. The summed E-state index contributed by atoms with van der Waals surface area (Å²) in [7, 11) is 0. The lowest BCUT2D eigenvalue weighted by Gasteiger charge is -2.26. The van der Waals surface area contributed by atoms with Gasteiger partial charge >= 0.3 is 6.09 Å². The first kappa shape index (κ1) is 13.0. The van der Waals surface area contributed by atoms with E-state index in [2.05, 4.69) is 17.1 Å². The Bertz CT molecular complexity index is 823. The van der Waals surface area contributed by atoms with E-state index in [9.17, 15) is 4.79 Å². The van der Waals surface area contributed by atoms with Crippen molar-refractivity contribution in [3.8, 4) is 0 Å². The maximum atomic E-state index is 12.3. The van der Waals surface area contributed by atoms with Crippen molar-refractivity contribution in [2.24, 2.45) is 0 Å². The summed E-state index contributed by atoms with van der Waals surface area (Å²) < 4.78 is 5.43. The van der Waals surface area contributed by atoms with Gasteiger partial charge in [-0.15, -0.1) is 0 Å². The van der Waals surface area contributed by atoms with Gasteiger partial charge in [-0.05, 0) is 22.8 Å². The second-order valence-electron chi connectivity index (χ2n) is 5.55. The summed E-state index contributed by atoms with van der Waals surface area (Å²) in [5.41, 5.74) is 4.44. The number of nitrogens with one attached hydrogen (secondary N) is 1. The maximum Gasteiger partial charge on any atom is 0.410 e. The molecule has 0 radical (unpaired) electrons. The topological polar surface area (TPSA) is 45.3 Å². The lowest BCUT2D eigenvalue weighted by molar-refractivity contribution is 0.0904. The Morgan fingerprint density at radius 3 is 2.73 bits per heavy atom. The molecule has 4 nitrogen and oxygen atoms in total. The van der Waals surface area contributed by atoms with Gasteiger partial charge in [0.2, 0.25) is 0 Å². The third-order valence-corrected chi connectivity index (χ3v) is 4.06. The SMILES string of the molecule is O=C(OCc1ccccc1)N1Cc2cccc3[nH]cc(c23)C1. The van der Waals surface area contributed by atoms with Crippen molar-refractivity contribution in [1.29, 1.82) is 0 Å². The number of aromatic amines is 1. The molecule has 3 aromatic rings. The molecule has 2 heterocycles. The van der Waals surface area contributed by atoms with Crippen molar-refractivity contribution in [1.82, 2.24) is 9.88 Å². The molecule has 1 aliphatic heterocycles. The molecule has 0 bridgehead atoms. The Morgan fingerprint density at radius 1 is 1.05 bits per heavy atom. The zero-order chi connectivity index (χ0) is 14.9. The molecule has 0 atom stereocenters. The first-order chi connectivity index (χ1) is 10.8. The molecular weight excluding hydrogens is 276 g/mol. The van der Waals surface area contributed by atoms with Gasteiger partial charge in [0, 0.05) is 17.1 Å². The third kappa shape index (κ3) is 2.22. The fourth-order valence-electron chi connectivity index (χ4n) is 3.00. The Kier molecular flexibility index (Phi) is 3.07. The highest BCUT2D eigenvalue weighted by Gasteiger charge is 2.24. The van der Waals surface area contributed by atoms with Gasteiger partial charge in [0.1, 0.15) is 6.61 Å². The van der Waals surface area contributed by atoms with E-state index >= 15 is 0 Å². The molecule has 4 heteroatoms. The molecule has 0 aliphatic carbocycles. The molecule has 1 N–H and O–H groups in total. The number of ether oxygens (including phenoxy) is 1. The van der Waals surface area contributed by atoms with Gasteiger partial charge in [-0.3, -0.25) is 4.90 Å². The van der Waals surface area contributed by atoms with Crippen LogP contribution in [-0.4, -0.2) is 16.0 Å². The van der Waals surface area contributed by atoms with E-state index in [-0.39, 0.29) is 6.09 Å².